The standard InChI is InChI=1S/C31H22NO2/c1-19-22-12-6-7-13-23(22)28-29-24-14-8-9-15-26(24)33-31(29)34-30(28)27(19)25-18-21(16-17-32(25)2)20-10-4-3-5-11-20/h3-18H,1-2H3/q+1. The van der Waals surface area contributed by atoms with Gasteiger partial charge in [-0.3, -0.25) is 0 Å². The summed E-state index contributed by atoms with van der Waals surface area (Å²) in [5, 5.41) is 5.65. The Hall–Kier alpha value is -4.37. The second kappa shape index (κ2) is 7.06. The van der Waals surface area contributed by atoms with Gasteiger partial charge >= 0.3 is 0 Å². The zero-order chi connectivity index (χ0) is 22.8. The van der Waals surface area contributed by atoms with Gasteiger partial charge in [-0.1, -0.05) is 72.8 Å². The van der Waals surface area contributed by atoms with Crippen LogP contribution in [0.3, 0.4) is 0 Å². The van der Waals surface area contributed by atoms with E-state index in [0.717, 1.165) is 38.6 Å². The van der Waals surface area contributed by atoms with Gasteiger partial charge in [0.25, 0.3) is 5.78 Å². The number of aryl methyl sites for hydroxylation is 2. The predicted octanol–water partition coefficient (Wildman–Crippen LogP) is 7.95. The number of pyridine rings is 1. The van der Waals surface area contributed by atoms with Gasteiger partial charge < -0.3 is 8.83 Å². The molecule has 0 saturated heterocycles. The molecule has 0 saturated carbocycles. The Labute approximate surface area is 196 Å². The van der Waals surface area contributed by atoms with E-state index in [2.05, 4.69) is 97.5 Å². The van der Waals surface area contributed by atoms with Gasteiger partial charge in [0.05, 0.1) is 10.9 Å². The molecule has 34 heavy (non-hydrogen) atoms. The largest absolute Gasteiger partial charge is 0.425 e. The molecule has 0 atom stereocenters. The van der Waals surface area contributed by atoms with Gasteiger partial charge in [-0.05, 0) is 40.5 Å². The van der Waals surface area contributed by atoms with Gasteiger partial charge in [-0.25, -0.2) is 4.57 Å². The Kier molecular flexibility index (Phi) is 3.97. The lowest BCUT2D eigenvalue weighted by Gasteiger charge is -2.11. The monoisotopic (exact) mass is 440 g/mol. The van der Waals surface area contributed by atoms with E-state index < -0.39 is 0 Å². The van der Waals surface area contributed by atoms with Crippen molar-refractivity contribution in [1.29, 1.82) is 0 Å². The van der Waals surface area contributed by atoms with E-state index in [-0.39, 0.29) is 0 Å². The lowest BCUT2D eigenvalue weighted by molar-refractivity contribution is -0.660. The maximum Gasteiger partial charge on any atom is 0.299 e. The van der Waals surface area contributed by atoms with Crippen molar-refractivity contribution in [1.82, 2.24) is 0 Å². The average molecular weight is 441 g/mol. The van der Waals surface area contributed by atoms with Crippen LogP contribution in [0.5, 0.6) is 0 Å². The third-order valence-corrected chi connectivity index (χ3v) is 6.95. The number of nitrogens with zero attached hydrogens (tertiary/aromatic N) is 1. The highest BCUT2D eigenvalue weighted by molar-refractivity contribution is 6.28. The first-order valence-corrected chi connectivity index (χ1v) is 11.5. The Morgan fingerprint density at radius 2 is 1.35 bits per heavy atom. The van der Waals surface area contributed by atoms with E-state index in [9.17, 15) is 0 Å². The van der Waals surface area contributed by atoms with Crippen molar-refractivity contribution < 1.29 is 13.4 Å². The molecule has 162 valence electrons. The molecule has 3 nitrogen and oxygen atoms in total. The Balaban J connectivity index is 1.65. The molecule has 3 heterocycles. The molecule has 7 aromatic rings. The molecule has 0 spiro atoms. The summed E-state index contributed by atoms with van der Waals surface area (Å²) in [5.41, 5.74) is 7.50. The molecule has 7 rings (SSSR count). The zero-order valence-electron chi connectivity index (χ0n) is 19.0. The van der Waals surface area contributed by atoms with Gasteiger partial charge in [0.1, 0.15) is 12.6 Å². The highest BCUT2D eigenvalue weighted by Crippen LogP contribution is 2.46. The molecule has 0 amide bonds. The Morgan fingerprint density at radius 1 is 0.647 bits per heavy atom. The molecule has 0 N–H and O–H groups in total. The number of para-hydroxylation sites is 1. The number of hydrogen-bond donors (Lipinski definition) is 0. The van der Waals surface area contributed by atoms with Crippen LogP contribution < -0.4 is 4.57 Å². The third-order valence-electron chi connectivity index (χ3n) is 6.95. The molecule has 0 aliphatic heterocycles. The summed E-state index contributed by atoms with van der Waals surface area (Å²) < 4.78 is 14.9. The average Bonchev–Trinajstić information content (AvgIpc) is 3.42. The second-order valence-electron chi connectivity index (χ2n) is 8.89. The first-order valence-electron chi connectivity index (χ1n) is 11.5. The second-order valence-corrected chi connectivity index (χ2v) is 8.89. The summed E-state index contributed by atoms with van der Waals surface area (Å²) in [6.07, 6.45) is 2.13. The summed E-state index contributed by atoms with van der Waals surface area (Å²) in [6.45, 7) is 2.19. The van der Waals surface area contributed by atoms with E-state index in [1.54, 1.807) is 0 Å². The molecule has 0 aliphatic carbocycles. The van der Waals surface area contributed by atoms with Crippen molar-refractivity contribution in [3.63, 3.8) is 0 Å². The smallest absolute Gasteiger partial charge is 0.299 e. The van der Waals surface area contributed by atoms with Crippen molar-refractivity contribution in [3.05, 3.63) is 103 Å². The van der Waals surface area contributed by atoms with E-state index in [0.29, 0.717) is 5.78 Å². The quantitative estimate of drug-likeness (QED) is 0.255. The number of rotatable bonds is 2. The molecule has 0 radical (unpaired) electrons. The first-order chi connectivity index (χ1) is 16.7. The summed E-state index contributed by atoms with van der Waals surface area (Å²) in [4.78, 5) is 0. The fourth-order valence-electron chi connectivity index (χ4n) is 5.29. The van der Waals surface area contributed by atoms with E-state index >= 15 is 0 Å². The van der Waals surface area contributed by atoms with Gasteiger partial charge in [0.2, 0.25) is 5.69 Å². The molecule has 0 unspecified atom stereocenters. The fraction of sp³-hybridized carbons (Fsp3) is 0.0645. The van der Waals surface area contributed by atoms with Gasteiger partial charge in [0, 0.05) is 22.9 Å². The number of aromatic nitrogens is 1. The summed E-state index contributed by atoms with van der Waals surface area (Å²) >= 11 is 0. The van der Waals surface area contributed by atoms with Crippen molar-refractivity contribution in [2.75, 3.05) is 0 Å². The number of fused-ring (bicyclic) bond motifs is 7. The molecular formula is C31H22NO2+. The van der Waals surface area contributed by atoms with Crippen LogP contribution in [0, 0.1) is 6.92 Å². The summed E-state index contributed by atoms with van der Waals surface area (Å²) in [5.74, 6) is 0.579. The number of benzene rings is 4. The molecule has 0 aliphatic rings. The topological polar surface area (TPSA) is 30.2 Å². The minimum atomic E-state index is 0.579. The van der Waals surface area contributed by atoms with Crippen LogP contribution in [-0.4, -0.2) is 0 Å². The van der Waals surface area contributed by atoms with Gasteiger partial charge in [-0.2, -0.15) is 0 Å². The van der Waals surface area contributed by atoms with Crippen LogP contribution in [0.4, 0.5) is 0 Å². The van der Waals surface area contributed by atoms with Crippen molar-refractivity contribution in [2.45, 2.75) is 6.92 Å². The molecule has 3 aromatic heterocycles. The maximum absolute atomic E-state index is 6.53. The van der Waals surface area contributed by atoms with Crippen LogP contribution in [0.15, 0.2) is 106 Å². The van der Waals surface area contributed by atoms with Crippen LogP contribution in [0.1, 0.15) is 5.56 Å². The van der Waals surface area contributed by atoms with Crippen molar-refractivity contribution in [2.24, 2.45) is 7.05 Å². The van der Waals surface area contributed by atoms with Crippen LogP contribution in [0.2, 0.25) is 0 Å². The SMILES string of the molecule is Cc1c(-c2cc(-c3ccccc3)cc[n+]2C)c2oc3oc4ccccc4c3c2c2ccccc12. The van der Waals surface area contributed by atoms with Gasteiger partial charge in [0.15, 0.2) is 11.8 Å². The Morgan fingerprint density at radius 3 is 2.18 bits per heavy atom. The van der Waals surface area contributed by atoms with E-state index in [1.807, 2.05) is 18.2 Å². The van der Waals surface area contributed by atoms with Crippen molar-refractivity contribution in [3.8, 4) is 22.4 Å². The summed E-state index contributed by atoms with van der Waals surface area (Å²) in [7, 11) is 2.09. The van der Waals surface area contributed by atoms with Crippen LogP contribution in [0.25, 0.3) is 66.3 Å². The van der Waals surface area contributed by atoms with Crippen LogP contribution in [-0.2, 0) is 7.05 Å². The molecule has 4 aromatic carbocycles. The number of hydrogen-bond acceptors (Lipinski definition) is 2. The molecular weight excluding hydrogens is 418 g/mol. The van der Waals surface area contributed by atoms with Crippen molar-refractivity contribution >= 4 is 43.9 Å². The Bertz CT molecular complexity index is 1870. The van der Waals surface area contributed by atoms with E-state index in [4.69, 9.17) is 8.83 Å². The zero-order valence-corrected chi connectivity index (χ0v) is 19.0. The molecule has 3 heteroatoms. The minimum absolute atomic E-state index is 0.579. The lowest BCUT2D eigenvalue weighted by atomic mass is 9.92. The summed E-state index contributed by atoms with van der Waals surface area (Å²) in [6, 6.07) is 31.7. The highest BCUT2D eigenvalue weighted by Gasteiger charge is 2.26. The molecule has 0 bridgehead atoms. The normalized spacial score (nSPS) is 11.8. The highest BCUT2D eigenvalue weighted by atomic mass is 16.5. The first kappa shape index (κ1) is 19.1. The molecule has 0 fully saturated rings. The predicted molar refractivity (Wildman–Crippen MR) is 138 cm³/mol. The van der Waals surface area contributed by atoms with E-state index in [1.165, 1.54) is 27.5 Å². The lowest BCUT2D eigenvalue weighted by Crippen LogP contribution is -2.30. The number of furan rings is 2. The van der Waals surface area contributed by atoms with Crippen LogP contribution >= 0.6 is 0 Å². The maximum atomic E-state index is 6.53. The van der Waals surface area contributed by atoms with Gasteiger partial charge in [-0.15, -0.1) is 0 Å². The fourth-order valence-corrected chi connectivity index (χ4v) is 5.29. The third kappa shape index (κ3) is 2.61. The minimum Gasteiger partial charge on any atom is -0.425 e.